The molecule has 0 spiro atoms. The summed E-state index contributed by atoms with van der Waals surface area (Å²) in [7, 11) is -3.37. The van der Waals surface area contributed by atoms with Crippen LogP contribution in [0.1, 0.15) is 24.1 Å². The van der Waals surface area contributed by atoms with E-state index in [4.69, 9.17) is 5.73 Å². The smallest absolute Gasteiger partial charge is 0.252 e. The van der Waals surface area contributed by atoms with Crippen molar-refractivity contribution in [1.82, 2.24) is 4.31 Å². The summed E-state index contributed by atoms with van der Waals surface area (Å²) in [4.78, 5) is 5.15. The summed E-state index contributed by atoms with van der Waals surface area (Å²) in [6, 6.07) is 13.0. The Morgan fingerprint density at radius 3 is 2.56 bits per heavy atom. The van der Waals surface area contributed by atoms with Crippen LogP contribution in [0.15, 0.2) is 51.7 Å². The fraction of sp³-hybridized carbons (Fsp3) is 0.353. The number of anilines is 1. The van der Waals surface area contributed by atoms with E-state index in [0.717, 1.165) is 29.8 Å². The number of sulfonamides is 1. The normalized spacial score (nSPS) is 16.7. The first-order chi connectivity index (χ1) is 12.1. The number of para-hydroxylation sites is 1. The molecular weight excluding hydrogens is 356 g/mol. The standard InChI is InChI=1S/C17H22N4O2S2/c18-17(20-14-7-3-1-4-8-14)19-13-15-9-10-16(24-15)25(22,23)21-11-5-2-6-12-21/h1,3-4,7-10H,2,5-6,11-13H2,(H3,18,19,20). The second-order valence-electron chi connectivity index (χ2n) is 5.88. The Morgan fingerprint density at radius 2 is 1.84 bits per heavy atom. The maximum Gasteiger partial charge on any atom is 0.252 e. The summed E-state index contributed by atoms with van der Waals surface area (Å²) in [5, 5.41) is 3.01. The molecule has 3 N–H and O–H groups in total. The van der Waals surface area contributed by atoms with Gasteiger partial charge in [-0.05, 0) is 37.1 Å². The van der Waals surface area contributed by atoms with E-state index in [1.54, 1.807) is 16.4 Å². The molecule has 1 aromatic heterocycles. The van der Waals surface area contributed by atoms with Crippen LogP contribution in [0.5, 0.6) is 0 Å². The third kappa shape index (κ3) is 4.59. The van der Waals surface area contributed by atoms with Gasteiger partial charge in [0.15, 0.2) is 5.96 Å². The molecule has 1 aliphatic rings. The minimum atomic E-state index is -3.37. The van der Waals surface area contributed by atoms with Gasteiger partial charge in [0.2, 0.25) is 0 Å². The van der Waals surface area contributed by atoms with Gasteiger partial charge >= 0.3 is 0 Å². The van der Waals surface area contributed by atoms with Crippen molar-refractivity contribution in [2.24, 2.45) is 10.7 Å². The number of nitrogens with zero attached hydrogens (tertiary/aromatic N) is 2. The Morgan fingerprint density at radius 1 is 1.12 bits per heavy atom. The molecule has 8 heteroatoms. The molecule has 2 aromatic rings. The first-order valence-corrected chi connectivity index (χ1v) is 10.5. The predicted octanol–water partition coefficient (Wildman–Crippen LogP) is 2.85. The lowest BCUT2D eigenvalue weighted by Gasteiger charge is -2.25. The average molecular weight is 379 g/mol. The highest BCUT2D eigenvalue weighted by Gasteiger charge is 2.27. The van der Waals surface area contributed by atoms with Gasteiger partial charge in [0.1, 0.15) is 4.21 Å². The van der Waals surface area contributed by atoms with Crippen molar-refractivity contribution in [1.29, 1.82) is 0 Å². The summed E-state index contributed by atoms with van der Waals surface area (Å²) < 4.78 is 27.3. The first-order valence-electron chi connectivity index (χ1n) is 8.26. The molecule has 1 aromatic carbocycles. The Balaban J connectivity index is 1.64. The van der Waals surface area contributed by atoms with E-state index in [1.165, 1.54) is 11.3 Å². The van der Waals surface area contributed by atoms with E-state index in [1.807, 2.05) is 30.3 Å². The molecule has 2 heterocycles. The number of rotatable bonds is 5. The summed E-state index contributed by atoms with van der Waals surface area (Å²) in [5.74, 6) is 0.306. The number of nitrogens with one attached hydrogen (secondary N) is 1. The van der Waals surface area contributed by atoms with Crippen LogP contribution in [0.25, 0.3) is 0 Å². The van der Waals surface area contributed by atoms with Crippen LogP contribution in [0.3, 0.4) is 0 Å². The number of hydrogen-bond acceptors (Lipinski definition) is 4. The minimum absolute atomic E-state index is 0.306. The molecule has 1 saturated heterocycles. The van der Waals surface area contributed by atoms with Crippen LogP contribution in [0.2, 0.25) is 0 Å². The van der Waals surface area contributed by atoms with E-state index in [-0.39, 0.29) is 0 Å². The van der Waals surface area contributed by atoms with Gasteiger partial charge in [-0.2, -0.15) is 4.31 Å². The number of aliphatic imine (C=N–C) groups is 1. The Bertz CT molecular complexity index is 825. The lowest BCUT2D eigenvalue weighted by molar-refractivity contribution is 0.347. The number of thiophene rings is 1. The highest BCUT2D eigenvalue weighted by atomic mass is 32.2. The monoisotopic (exact) mass is 378 g/mol. The lowest BCUT2D eigenvalue weighted by Crippen LogP contribution is -2.35. The van der Waals surface area contributed by atoms with Crippen molar-refractivity contribution in [2.45, 2.75) is 30.0 Å². The summed E-state index contributed by atoms with van der Waals surface area (Å²) in [5.41, 5.74) is 6.74. The van der Waals surface area contributed by atoms with Crippen molar-refractivity contribution in [3.05, 3.63) is 47.3 Å². The molecule has 1 fully saturated rings. The van der Waals surface area contributed by atoms with E-state index in [0.29, 0.717) is 29.8 Å². The fourth-order valence-electron chi connectivity index (χ4n) is 2.69. The molecule has 0 bridgehead atoms. The molecule has 134 valence electrons. The fourth-order valence-corrected chi connectivity index (χ4v) is 5.64. The second-order valence-corrected chi connectivity index (χ2v) is 9.21. The van der Waals surface area contributed by atoms with Gasteiger partial charge in [-0.15, -0.1) is 11.3 Å². The van der Waals surface area contributed by atoms with Gasteiger partial charge < -0.3 is 11.1 Å². The van der Waals surface area contributed by atoms with Crippen LogP contribution in [0, 0.1) is 0 Å². The molecular formula is C17H22N4O2S2. The minimum Gasteiger partial charge on any atom is -0.370 e. The van der Waals surface area contributed by atoms with E-state index in [9.17, 15) is 8.42 Å². The first kappa shape index (κ1) is 17.9. The van der Waals surface area contributed by atoms with E-state index in [2.05, 4.69) is 10.3 Å². The zero-order valence-electron chi connectivity index (χ0n) is 13.9. The second kappa shape index (κ2) is 7.99. The number of piperidine rings is 1. The highest BCUT2D eigenvalue weighted by molar-refractivity contribution is 7.91. The molecule has 0 unspecified atom stereocenters. The number of nitrogens with two attached hydrogens (primary N) is 1. The van der Waals surface area contributed by atoms with Gasteiger partial charge in [0.05, 0.1) is 6.54 Å². The third-order valence-corrected chi connectivity index (χ3v) is 7.43. The van der Waals surface area contributed by atoms with Gasteiger partial charge in [-0.25, -0.2) is 13.4 Å². The molecule has 25 heavy (non-hydrogen) atoms. The molecule has 1 aliphatic heterocycles. The van der Waals surface area contributed by atoms with Crippen LogP contribution in [0.4, 0.5) is 5.69 Å². The van der Waals surface area contributed by atoms with Crippen LogP contribution < -0.4 is 11.1 Å². The van der Waals surface area contributed by atoms with Crippen molar-refractivity contribution >= 4 is 33.0 Å². The molecule has 0 radical (unpaired) electrons. The zero-order valence-corrected chi connectivity index (χ0v) is 15.5. The quantitative estimate of drug-likeness (QED) is 0.619. The summed E-state index contributed by atoms with van der Waals surface area (Å²) >= 11 is 1.26. The van der Waals surface area contributed by atoms with Gasteiger partial charge in [0, 0.05) is 23.7 Å². The maximum atomic E-state index is 12.6. The highest BCUT2D eigenvalue weighted by Crippen LogP contribution is 2.27. The van der Waals surface area contributed by atoms with Crippen molar-refractivity contribution in [3.63, 3.8) is 0 Å². The molecule has 6 nitrogen and oxygen atoms in total. The Hall–Kier alpha value is -1.90. The average Bonchev–Trinajstić information content (AvgIpc) is 3.11. The Kier molecular flexibility index (Phi) is 5.72. The molecule has 3 rings (SSSR count). The number of hydrogen-bond donors (Lipinski definition) is 2. The van der Waals surface area contributed by atoms with Crippen LogP contribution >= 0.6 is 11.3 Å². The molecule has 0 aliphatic carbocycles. The van der Waals surface area contributed by atoms with Crippen LogP contribution in [-0.2, 0) is 16.6 Å². The predicted molar refractivity (Wildman–Crippen MR) is 102 cm³/mol. The number of benzene rings is 1. The number of guanidine groups is 1. The third-order valence-electron chi connectivity index (χ3n) is 4.00. The molecule has 0 saturated carbocycles. The van der Waals surface area contributed by atoms with Crippen molar-refractivity contribution in [2.75, 3.05) is 18.4 Å². The molecule has 0 atom stereocenters. The van der Waals surface area contributed by atoms with Crippen molar-refractivity contribution in [3.8, 4) is 0 Å². The van der Waals surface area contributed by atoms with Gasteiger partial charge in [-0.1, -0.05) is 24.6 Å². The van der Waals surface area contributed by atoms with Gasteiger partial charge in [0.25, 0.3) is 10.0 Å². The van der Waals surface area contributed by atoms with Crippen LogP contribution in [-0.4, -0.2) is 31.8 Å². The lowest BCUT2D eigenvalue weighted by atomic mass is 10.2. The van der Waals surface area contributed by atoms with E-state index < -0.39 is 10.0 Å². The largest absolute Gasteiger partial charge is 0.370 e. The molecule has 0 amide bonds. The maximum absolute atomic E-state index is 12.6. The van der Waals surface area contributed by atoms with E-state index >= 15 is 0 Å². The summed E-state index contributed by atoms with van der Waals surface area (Å²) in [6.07, 6.45) is 2.97. The topological polar surface area (TPSA) is 87.8 Å². The Labute approximate surface area is 152 Å². The zero-order chi connectivity index (χ0) is 17.7. The summed E-state index contributed by atoms with van der Waals surface area (Å²) in [6.45, 7) is 1.58. The van der Waals surface area contributed by atoms with Crippen molar-refractivity contribution < 1.29 is 8.42 Å². The SMILES string of the molecule is NC(=NCc1ccc(S(=O)(=O)N2CCCCC2)s1)Nc1ccccc1. The van der Waals surface area contributed by atoms with Gasteiger partial charge in [-0.3, -0.25) is 0 Å².